The Morgan fingerprint density at radius 3 is 2.25 bits per heavy atom. The molecule has 0 heterocycles. The van der Waals surface area contributed by atoms with Crippen molar-refractivity contribution in [3.63, 3.8) is 0 Å². The van der Waals surface area contributed by atoms with Crippen molar-refractivity contribution in [2.45, 2.75) is 23.6 Å². The first-order chi connectivity index (χ1) is 11.3. The van der Waals surface area contributed by atoms with E-state index < -0.39 is 25.9 Å². The monoisotopic (exact) mass is 348 g/mol. The molecule has 1 amide bonds. The maximum Gasteiger partial charge on any atom is 0.269 e. The normalized spacial score (nSPS) is 12.4. The Bertz CT molecular complexity index is 833. The SMILES string of the molecule is C[C@@H](C(=O)NCc1ccccc1)S(=O)(=O)c1ccc([N+](=O)[O-])cc1. The summed E-state index contributed by atoms with van der Waals surface area (Å²) in [5.41, 5.74) is 0.640. The summed E-state index contributed by atoms with van der Waals surface area (Å²) in [6, 6.07) is 13.6. The first-order valence-corrected chi connectivity index (χ1v) is 8.67. The third-order valence-electron chi connectivity index (χ3n) is 3.52. The van der Waals surface area contributed by atoms with Gasteiger partial charge in [0.15, 0.2) is 9.84 Å². The van der Waals surface area contributed by atoms with Gasteiger partial charge in [0.25, 0.3) is 5.69 Å². The van der Waals surface area contributed by atoms with Gasteiger partial charge in [0.05, 0.1) is 9.82 Å². The highest BCUT2D eigenvalue weighted by Crippen LogP contribution is 2.20. The molecule has 2 rings (SSSR count). The maximum atomic E-state index is 12.4. The van der Waals surface area contributed by atoms with Gasteiger partial charge in [0, 0.05) is 18.7 Å². The minimum Gasteiger partial charge on any atom is -0.351 e. The first-order valence-electron chi connectivity index (χ1n) is 7.12. The second-order valence-electron chi connectivity index (χ2n) is 5.14. The van der Waals surface area contributed by atoms with Crippen molar-refractivity contribution in [1.29, 1.82) is 0 Å². The molecule has 0 radical (unpaired) electrons. The maximum absolute atomic E-state index is 12.4. The highest BCUT2D eigenvalue weighted by atomic mass is 32.2. The smallest absolute Gasteiger partial charge is 0.269 e. The molecule has 24 heavy (non-hydrogen) atoms. The number of hydrogen-bond donors (Lipinski definition) is 1. The largest absolute Gasteiger partial charge is 0.351 e. The van der Waals surface area contributed by atoms with Crippen LogP contribution in [0.4, 0.5) is 5.69 Å². The van der Waals surface area contributed by atoms with Gasteiger partial charge < -0.3 is 5.32 Å². The lowest BCUT2D eigenvalue weighted by atomic mass is 10.2. The fourth-order valence-corrected chi connectivity index (χ4v) is 3.32. The summed E-state index contributed by atoms with van der Waals surface area (Å²) in [4.78, 5) is 22.0. The van der Waals surface area contributed by atoms with E-state index in [1.807, 2.05) is 30.3 Å². The van der Waals surface area contributed by atoms with Crippen LogP contribution in [-0.4, -0.2) is 24.5 Å². The number of sulfone groups is 1. The zero-order valence-electron chi connectivity index (χ0n) is 12.9. The minimum atomic E-state index is -3.92. The van der Waals surface area contributed by atoms with Crippen LogP contribution in [0.5, 0.6) is 0 Å². The van der Waals surface area contributed by atoms with Crippen molar-refractivity contribution in [3.8, 4) is 0 Å². The van der Waals surface area contributed by atoms with Crippen molar-refractivity contribution >= 4 is 21.4 Å². The van der Waals surface area contributed by atoms with E-state index >= 15 is 0 Å². The number of benzene rings is 2. The number of nitrogens with zero attached hydrogens (tertiary/aromatic N) is 1. The average molecular weight is 348 g/mol. The van der Waals surface area contributed by atoms with E-state index in [0.717, 1.165) is 29.8 Å². The molecule has 2 aromatic rings. The quantitative estimate of drug-likeness (QED) is 0.635. The van der Waals surface area contributed by atoms with Crippen molar-refractivity contribution in [1.82, 2.24) is 5.32 Å². The number of nitro groups is 1. The van der Waals surface area contributed by atoms with Gasteiger partial charge in [-0.3, -0.25) is 14.9 Å². The van der Waals surface area contributed by atoms with Gasteiger partial charge in [0.2, 0.25) is 5.91 Å². The van der Waals surface area contributed by atoms with E-state index in [4.69, 9.17) is 0 Å². The van der Waals surface area contributed by atoms with Crippen LogP contribution >= 0.6 is 0 Å². The molecular weight excluding hydrogens is 332 g/mol. The lowest BCUT2D eigenvalue weighted by molar-refractivity contribution is -0.384. The average Bonchev–Trinajstić information content (AvgIpc) is 2.59. The van der Waals surface area contributed by atoms with Crippen LogP contribution in [0.15, 0.2) is 59.5 Å². The Morgan fingerprint density at radius 2 is 1.71 bits per heavy atom. The number of carbonyl (C=O) groups excluding carboxylic acids is 1. The lowest BCUT2D eigenvalue weighted by Crippen LogP contribution is -2.37. The lowest BCUT2D eigenvalue weighted by Gasteiger charge is -2.13. The second-order valence-corrected chi connectivity index (χ2v) is 7.41. The molecule has 0 unspecified atom stereocenters. The Morgan fingerprint density at radius 1 is 1.12 bits per heavy atom. The van der Waals surface area contributed by atoms with E-state index in [9.17, 15) is 23.3 Å². The van der Waals surface area contributed by atoms with Crippen LogP contribution in [0.3, 0.4) is 0 Å². The number of hydrogen-bond acceptors (Lipinski definition) is 5. The minimum absolute atomic E-state index is 0.129. The Balaban J connectivity index is 2.10. The summed E-state index contributed by atoms with van der Waals surface area (Å²) in [7, 11) is -3.92. The molecule has 0 aliphatic rings. The summed E-state index contributed by atoms with van der Waals surface area (Å²) in [6.45, 7) is 1.51. The highest BCUT2D eigenvalue weighted by molar-refractivity contribution is 7.92. The van der Waals surface area contributed by atoms with Crippen molar-refractivity contribution in [2.75, 3.05) is 0 Å². The standard InChI is InChI=1S/C16H16N2O5S/c1-12(16(19)17-11-13-5-3-2-4-6-13)24(22,23)15-9-7-14(8-10-15)18(20)21/h2-10,12H,11H2,1H3,(H,17,19)/t12-/m0/s1. The van der Waals surface area contributed by atoms with Gasteiger partial charge in [0.1, 0.15) is 5.25 Å². The molecule has 0 spiro atoms. The van der Waals surface area contributed by atoms with E-state index in [0.29, 0.717) is 0 Å². The van der Waals surface area contributed by atoms with E-state index in [1.54, 1.807) is 0 Å². The number of nitro benzene ring substituents is 1. The topological polar surface area (TPSA) is 106 Å². The molecule has 126 valence electrons. The van der Waals surface area contributed by atoms with Crippen LogP contribution in [0.2, 0.25) is 0 Å². The van der Waals surface area contributed by atoms with Crippen LogP contribution in [0.25, 0.3) is 0 Å². The van der Waals surface area contributed by atoms with Gasteiger partial charge in [-0.25, -0.2) is 8.42 Å². The van der Waals surface area contributed by atoms with Crippen LogP contribution in [-0.2, 0) is 21.2 Å². The van der Waals surface area contributed by atoms with E-state index in [1.165, 1.54) is 6.92 Å². The molecule has 0 aliphatic heterocycles. The molecule has 1 N–H and O–H groups in total. The van der Waals surface area contributed by atoms with Gasteiger partial charge in [-0.2, -0.15) is 0 Å². The molecule has 8 heteroatoms. The van der Waals surface area contributed by atoms with Gasteiger partial charge in [-0.15, -0.1) is 0 Å². The van der Waals surface area contributed by atoms with Crippen molar-refractivity contribution < 1.29 is 18.1 Å². The number of amides is 1. The molecule has 0 fully saturated rings. The predicted molar refractivity (Wildman–Crippen MR) is 88.0 cm³/mol. The summed E-state index contributed by atoms with van der Waals surface area (Å²) < 4.78 is 24.9. The number of carbonyl (C=O) groups is 1. The zero-order valence-corrected chi connectivity index (χ0v) is 13.7. The summed E-state index contributed by atoms with van der Waals surface area (Å²) in [5.74, 6) is -0.628. The number of non-ortho nitro benzene ring substituents is 1. The molecular formula is C16H16N2O5S. The highest BCUT2D eigenvalue weighted by Gasteiger charge is 2.29. The Hall–Kier alpha value is -2.74. The zero-order chi connectivity index (χ0) is 17.7. The van der Waals surface area contributed by atoms with E-state index in [2.05, 4.69) is 5.32 Å². The molecule has 7 nitrogen and oxygen atoms in total. The molecule has 2 aromatic carbocycles. The fraction of sp³-hybridized carbons (Fsp3) is 0.188. The molecule has 0 aromatic heterocycles. The Kier molecular flexibility index (Phi) is 5.30. The van der Waals surface area contributed by atoms with E-state index in [-0.39, 0.29) is 17.1 Å². The third kappa shape index (κ3) is 3.96. The Labute approximate surface area is 139 Å². The van der Waals surface area contributed by atoms with Gasteiger partial charge >= 0.3 is 0 Å². The first kappa shape index (κ1) is 17.6. The van der Waals surface area contributed by atoms with Gasteiger partial charge in [-0.05, 0) is 24.6 Å². The fourth-order valence-electron chi connectivity index (χ4n) is 2.03. The number of rotatable bonds is 6. The van der Waals surface area contributed by atoms with Crippen LogP contribution < -0.4 is 5.32 Å². The third-order valence-corrected chi connectivity index (χ3v) is 5.59. The number of nitrogens with one attached hydrogen (secondary N) is 1. The predicted octanol–water partition coefficient (Wildman–Crippen LogP) is 2.07. The summed E-state index contributed by atoms with van der Waals surface area (Å²) in [6.07, 6.45) is 0. The van der Waals surface area contributed by atoms with Crippen LogP contribution in [0.1, 0.15) is 12.5 Å². The van der Waals surface area contributed by atoms with Crippen molar-refractivity contribution in [3.05, 3.63) is 70.3 Å². The molecule has 0 saturated heterocycles. The van der Waals surface area contributed by atoms with Crippen LogP contribution in [0, 0.1) is 10.1 Å². The van der Waals surface area contributed by atoms with Crippen molar-refractivity contribution in [2.24, 2.45) is 0 Å². The second kappa shape index (κ2) is 7.22. The molecule has 1 atom stereocenters. The molecule has 0 aliphatic carbocycles. The molecule has 0 bridgehead atoms. The molecule has 0 saturated carbocycles. The summed E-state index contributed by atoms with van der Waals surface area (Å²) >= 11 is 0. The summed E-state index contributed by atoms with van der Waals surface area (Å²) in [5, 5.41) is 11.9. The van der Waals surface area contributed by atoms with Gasteiger partial charge in [-0.1, -0.05) is 30.3 Å².